The number of hydrogen-bond donors (Lipinski definition) is 2. The molecule has 0 fully saturated rings. The molecule has 0 aliphatic rings. The van der Waals surface area contributed by atoms with Gasteiger partial charge in [-0.2, -0.15) is 5.26 Å². The van der Waals surface area contributed by atoms with Crippen molar-refractivity contribution in [2.75, 3.05) is 36.8 Å². The Morgan fingerprint density at radius 1 is 1.00 bits per heavy atom. The Balaban J connectivity index is 1.85. The van der Waals surface area contributed by atoms with E-state index in [9.17, 15) is 15.4 Å². The van der Waals surface area contributed by atoms with Gasteiger partial charge in [0.05, 0.1) is 24.8 Å². The summed E-state index contributed by atoms with van der Waals surface area (Å²) in [5.74, 6) is 1.87. The molecule has 0 saturated heterocycles. The average Bonchev–Trinajstić information content (AvgIpc) is 3.01. The highest BCUT2D eigenvalue weighted by Crippen LogP contribution is 2.39. The predicted octanol–water partition coefficient (Wildman–Crippen LogP) is 6.48. The first-order valence-electron chi connectivity index (χ1n) is 13.0. The molecule has 11 nitrogen and oxygen atoms in total. The van der Waals surface area contributed by atoms with Gasteiger partial charge in [-0.05, 0) is 53.4 Å². The third-order valence-corrected chi connectivity index (χ3v) is 6.87. The van der Waals surface area contributed by atoms with E-state index in [0.717, 1.165) is 16.7 Å². The van der Waals surface area contributed by atoms with Crippen LogP contribution < -0.4 is 25.0 Å². The number of rotatable bonds is 12. The SMILES string of the molecule is CCc1cc(C#N)nc(Cl)c1Nc1cc(NC)c([N+](=O)[O-])c(N(Cc2ccc(OC)cc2)Cc2ccc(OC)cc2)n1. The molecular weight excluding hydrogens is 558 g/mol. The molecule has 42 heavy (non-hydrogen) atoms. The topological polar surface area (TPSA) is 138 Å². The Morgan fingerprint density at radius 3 is 2.02 bits per heavy atom. The number of aryl methyl sites for hydroxylation is 1. The van der Waals surface area contributed by atoms with Crippen molar-refractivity contribution in [1.82, 2.24) is 9.97 Å². The van der Waals surface area contributed by atoms with Crippen molar-refractivity contribution in [1.29, 1.82) is 5.26 Å². The van der Waals surface area contributed by atoms with E-state index in [1.807, 2.05) is 66.4 Å². The monoisotopic (exact) mass is 587 g/mol. The third-order valence-electron chi connectivity index (χ3n) is 6.60. The largest absolute Gasteiger partial charge is 0.497 e. The van der Waals surface area contributed by atoms with Crippen molar-refractivity contribution in [2.45, 2.75) is 26.4 Å². The maximum Gasteiger partial charge on any atom is 0.334 e. The molecule has 0 radical (unpaired) electrons. The van der Waals surface area contributed by atoms with Crippen molar-refractivity contribution in [3.05, 3.63) is 98.3 Å². The fourth-order valence-corrected chi connectivity index (χ4v) is 4.71. The van der Waals surface area contributed by atoms with Crippen molar-refractivity contribution < 1.29 is 14.4 Å². The normalized spacial score (nSPS) is 10.5. The highest BCUT2D eigenvalue weighted by atomic mass is 35.5. The van der Waals surface area contributed by atoms with Gasteiger partial charge in [-0.3, -0.25) is 10.1 Å². The molecule has 2 aromatic carbocycles. The van der Waals surface area contributed by atoms with Crippen LogP contribution in [0.15, 0.2) is 60.7 Å². The number of aromatic nitrogens is 2. The molecule has 4 aromatic rings. The number of benzene rings is 2. The summed E-state index contributed by atoms with van der Waals surface area (Å²) in [6, 6.07) is 20.2. The van der Waals surface area contributed by atoms with Crippen molar-refractivity contribution >= 4 is 40.3 Å². The first-order valence-corrected chi connectivity index (χ1v) is 13.4. The van der Waals surface area contributed by atoms with Crippen LogP contribution in [0.25, 0.3) is 0 Å². The molecule has 0 aliphatic carbocycles. The Bertz CT molecular complexity index is 1560. The van der Waals surface area contributed by atoms with Crippen LogP contribution >= 0.6 is 11.6 Å². The molecule has 0 aliphatic heterocycles. The van der Waals surface area contributed by atoms with E-state index in [1.165, 1.54) is 0 Å². The number of nitro groups is 1. The van der Waals surface area contributed by atoms with Crippen LogP contribution in [0.3, 0.4) is 0 Å². The van der Waals surface area contributed by atoms with Gasteiger partial charge in [0.15, 0.2) is 5.15 Å². The Labute approximate surface area is 248 Å². The van der Waals surface area contributed by atoms with Gasteiger partial charge in [0.1, 0.15) is 34.8 Å². The van der Waals surface area contributed by atoms with E-state index in [2.05, 4.69) is 15.6 Å². The number of methoxy groups -OCH3 is 2. The minimum atomic E-state index is -0.444. The molecule has 216 valence electrons. The Kier molecular flexibility index (Phi) is 9.62. The molecule has 2 heterocycles. The average molecular weight is 588 g/mol. The lowest BCUT2D eigenvalue weighted by atomic mass is 10.1. The second-order valence-electron chi connectivity index (χ2n) is 9.21. The standard InChI is InChI=1S/C30H30ClN7O4/c1-5-21-14-22(16-32)34-29(31)27(21)35-26-15-25(33-2)28(38(39)40)30(36-26)37(17-19-6-10-23(41-3)11-7-19)18-20-8-12-24(42-4)13-9-20/h6-15H,5,17-18H2,1-4H3,(H2,33,35,36). The first kappa shape index (κ1) is 29.9. The van der Waals surface area contributed by atoms with Gasteiger partial charge in [-0.15, -0.1) is 0 Å². The molecule has 0 spiro atoms. The minimum Gasteiger partial charge on any atom is -0.497 e. The zero-order valence-electron chi connectivity index (χ0n) is 23.6. The van der Waals surface area contributed by atoms with Gasteiger partial charge in [-0.25, -0.2) is 9.97 Å². The van der Waals surface area contributed by atoms with Crippen molar-refractivity contribution in [3.8, 4) is 17.6 Å². The quantitative estimate of drug-likeness (QED) is 0.107. The lowest BCUT2D eigenvalue weighted by molar-refractivity contribution is -0.383. The zero-order valence-corrected chi connectivity index (χ0v) is 24.4. The van der Waals surface area contributed by atoms with Crippen LogP contribution in [0.1, 0.15) is 29.3 Å². The fraction of sp³-hybridized carbons (Fsp3) is 0.233. The molecule has 0 bridgehead atoms. The number of nitrogens with one attached hydrogen (secondary N) is 2. The van der Waals surface area contributed by atoms with E-state index in [0.29, 0.717) is 42.5 Å². The Hall–Kier alpha value is -5.08. The summed E-state index contributed by atoms with van der Waals surface area (Å²) in [6.07, 6.45) is 0.568. The second-order valence-corrected chi connectivity index (χ2v) is 9.57. The summed E-state index contributed by atoms with van der Waals surface area (Å²) in [6.45, 7) is 2.56. The molecule has 12 heteroatoms. The number of anilines is 4. The maximum atomic E-state index is 12.5. The zero-order chi connectivity index (χ0) is 30.2. The second kappa shape index (κ2) is 13.5. The maximum absolute atomic E-state index is 12.5. The van der Waals surface area contributed by atoms with Gasteiger partial charge in [0, 0.05) is 26.2 Å². The van der Waals surface area contributed by atoms with Crippen LogP contribution in [0, 0.1) is 21.4 Å². The lowest BCUT2D eigenvalue weighted by Gasteiger charge is -2.25. The molecule has 0 atom stereocenters. The van der Waals surface area contributed by atoms with Gasteiger partial charge in [0.25, 0.3) is 0 Å². The number of nitrogens with zero attached hydrogens (tertiary/aromatic N) is 5. The predicted molar refractivity (Wildman–Crippen MR) is 163 cm³/mol. The molecule has 2 aromatic heterocycles. The molecule has 2 N–H and O–H groups in total. The highest BCUT2D eigenvalue weighted by Gasteiger charge is 2.28. The lowest BCUT2D eigenvalue weighted by Crippen LogP contribution is -2.25. The number of ether oxygens (including phenoxy) is 2. The highest BCUT2D eigenvalue weighted by molar-refractivity contribution is 6.32. The van der Waals surface area contributed by atoms with Crippen LogP contribution in [0.4, 0.5) is 28.7 Å². The molecule has 0 unspecified atom stereocenters. The van der Waals surface area contributed by atoms with Gasteiger partial charge < -0.3 is 25.0 Å². The van der Waals surface area contributed by atoms with E-state index < -0.39 is 4.92 Å². The Morgan fingerprint density at radius 2 is 1.57 bits per heavy atom. The van der Waals surface area contributed by atoms with Crippen molar-refractivity contribution in [3.63, 3.8) is 0 Å². The summed E-state index contributed by atoms with van der Waals surface area (Å²) >= 11 is 6.46. The molecule has 0 amide bonds. The van der Waals surface area contributed by atoms with Crippen LogP contribution in [0.2, 0.25) is 5.15 Å². The van der Waals surface area contributed by atoms with E-state index in [4.69, 9.17) is 26.1 Å². The van der Waals surface area contributed by atoms with E-state index in [1.54, 1.807) is 33.4 Å². The number of pyridine rings is 2. The summed E-state index contributed by atoms with van der Waals surface area (Å²) in [5.41, 5.74) is 3.31. The fourth-order valence-electron chi connectivity index (χ4n) is 4.45. The van der Waals surface area contributed by atoms with Crippen LogP contribution in [0.5, 0.6) is 11.5 Å². The number of halogens is 1. The molecular formula is C30H30ClN7O4. The first-order chi connectivity index (χ1) is 20.3. The summed E-state index contributed by atoms with van der Waals surface area (Å²) in [5, 5.41) is 28.0. The van der Waals surface area contributed by atoms with E-state index in [-0.39, 0.29) is 28.0 Å². The van der Waals surface area contributed by atoms with E-state index >= 15 is 0 Å². The smallest absolute Gasteiger partial charge is 0.334 e. The summed E-state index contributed by atoms with van der Waals surface area (Å²) in [4.78, 5) is 22.7. The van der Waals surface area contributed by atoms with Gasteiger partial charge in [0.2, 0.25) is 5.82 Å². The number of hydrogen-bond acceptors (Lipinski definition) is 10. The molecule has 4 rings (SSSR count). The third kappa shape index (κ3) is 6.79. The van der Waals surface area contributed by atoms with Gasteiger partial charge >= 0.3 is 5.69 Å². The number of nitriles is 1. The van der Waals surface area contributed by atoms with Crippen LogP contribution in [-0.4, -0.2) is 36.2 Å². The summed E-state index contributed by atoms with van der Waals surface area (Å²) in [7, 11) is 4.80. The van der Waals surface area contributed by atoms with Crippen LogP contribution in [-0.2, 0) is 19.5 Å². The summed E-state index contributed by atoms with van der Waals surface area (Å²) < 4.78 is 10.6. The minimum absolute atomic E-state index is 0.104. The van der Waals surface area contributed by atoms with Crippen molar-refractivity contribution in [2.24, 2.45) is 0 Å². The molecule has 0 saturated carbocycles. The van der Waals surface area contributed by atoms with Gasteiger partial charge in [-0.1, -0.05) is 42.8 Å².